The number of hydrogen-bond donors (Lipinski definition) is 2. The molecule has 5 heteroatoms. The van der Waals surface area contributed by atoms with E-state index in [1.165, 1.54) is 23.8 Å². The Balaban J connectivity index is 1.48. The minimum Gasteiger partial charge on any atom is -0.508 e. The Labute approximate surface area is 181 Å². The van der Waals surface area contributed by atoms with Gasteiger partial charge in [-0.05, 0) is 73.2 Å². The van der Waals surface area contributed by atoms with Gasteiger partial charge >= 0.3 is 0 Å². The lowest BCUT2D eigenvalue weighted by Gasteiger charge is -2.26. The van der Waals surface area contributed by atoms with Gasteiger partial charge in [0.1, 0.15) is 11.6 Å². The molecule has 2 N–H and O–H groups in total. The van der Waals surface area contributed by atoms with E-state index in [-0.39, 0.29) is 17.5 Å². The molecule has 0 spiro atoms. The number of carbonyl (C=O) groups excluding carboxylic acids is 1. The highest BCUT2D eigenvalue weighted by atomic mass is 19.1. The van der Waals surface area contributed by atoms with Crippen molar-refractivity contribution in [3.05, 3.63) is 100 Å². The fourth-order valence-corrected chi connectivity index (χ4v) is 4.21. The zero-order valence-corrected chi connectivity index (χ0v) is 17.5. The molecular formula is C26H26FNO3. The van der Waals surface area contributed by atoms with Crippen LogP contribution in [0.25, 0.3) is 0 Å². The summed E-state index contributed by atoms with van der Waals surface area (Å²) in [5.74, 6) is -0.558. The lowest BCUT2D eigenvalue weighted by atomic mass is 9.88. The van der Waals surface area contributed by atoms with Gasteiger partial charge in [-0.25, -0.2) is 4.39 Å². The molecule has 4 nitrogen and oxygen atoms in total. The number of phenols is 1. The van der Waals surface area contributed by atoms with E-state index in [1.54, 1.807) is 30.0 Å². The molecule has 3 aromatic carbocycles. The first kappa shape index (κ1) is 21.1. The number of phenolic OH excluding ortho intramolecular Hbond substituents is 1. The maximum Gasteiger partial charge on any atom is 0.254 e. The van der Waals surface area contributed by atoms with Crippen molar-refractivity contribution in [3.63, 3.8) is 0 Å². The van der Waals surface area contributed by atoms with Crippen LogP contribution in [0.2, 0.25) is 0 Å². The molecule has 31 heavy (non-hydrogen) atoms. The quantitative estimate of drug-likeness (QED) is 0.596. The van der Waals surface area contributed by atoms with Gasteiger partial charge in [-0.3, -0.25) is 4.79 Å². The molecule has 0 bridgehead atoms. The third kappa shape index (κ3) is 4.62. The Morgan fingerprint density at radius 1 is 1.03 bits per heavy atom. The van der Waals surface area contributed by atoms with Crippen molar-refractivity contribution in [1.29, 1.82) is 0 Å². The number of fused-ring (bicyclic) bond motifs is 1. The monoisotopic (exact) mass is 419 g/mol. The van der Waals surface area contributed by atoms with E-state index >= 15 is 0 Å². The zero-order valence-electron chi connectivity index (χ0n) is 17.5. The first-order chi connectivity index (χ1) is 14.8. The second kappa shape index (κ2) is 8.52. The van der Waals surface area contributed by atoms with Gasteiger partial charge in [-0.1, -0.05) is 36.4 Å². The predicted molar refractivity (Wildman–Crippen MR) is 117 cm³/mol. The third-order valence-electron chi connectivity index (χ3n) is 5.97. The van der Waals surface area contributed by atoms with Gasteiger partial charge in [-0.15, -0.1) is 0 Å². The minimum atomic E-state index is -1.27. The fraction of sp³-hybridized carbons (Fsp3) is 0.269. The topological polar surface area (TPSA) is 60.8 Å². The molecule has 0 aromatic heterocycles. The van der Waals surface area contributed by atoms with Crippen molar-refractivity contribution in [2.24, 2.45) is 0 Å². The number of carbonyl (C=O) groups is 1. The maximum atomic E-state index is 13.5. The lowest BCUT2D eigenvalue weighted by molar-refractivity contribution is 0.0432. The maximum absolute atomic E-state index is 13.5. The minimum absolute atomic E-state index is 0.0342. The molecule has 1 amide bonds. The number of rotatable bonds is 6. The van der Waals surface area contributed by atoms with E-state index in [0.717, 1.165) is 24.0 Å². The summed E-state index contributed by atoms with van der Waals surface area (Å²) in [6.07, 6.45) is 2.00. The molecule has 1 aliphatic rings. The summed E-state index contributed by atoms with van der Waals surface area (Å²) in [7, 11) is 0. The van der Waals surface area contributed by atoms with E-state index < -0.39 is 5.60 Å². The molecule has 4 rings (SSSR count). The first-order valence-electron chi connectivity index (χ1n) is 10.5. The molecule has 0 fully saturated rings. The second-order valence-electron chi connectivity index (χ2n) is 8.42. The molecule has 1 atom stereocenters. The molecule has 0 unspecified atom stereocenters. The van der Waals surface area contributed by atoms with E-state index in [4.69, 9.17) is 0 Å². The van der Waals surface area contributed by atoms with E-state index in [0.29, 0.717) is 30.6 Å². The lowest BCUT2D eigenvalue weighted by Crippen LogP contribution is -2.27. The van der Waals surface area contributed by atoms with Gasteiger partial charge in [0.15, 0.2) is 0 Å². The van der Waals surface area contributed by atoms with Crippen LogP contribution < -0.4 is 0 Å². The van der Waals surface area contributed by atoms with Crippen LogP contribution in [-0.4, -0.2) is 21.0 Å². The van der Waals surface area contributed by atoms with Crippen molar-refractivity contribution in [1.82, 2.24) is 4.90 Å². The Kier molecular flexibility index (Phi) is 5.79. The fourth-order valence-electron chi connectivity index (χ4n) is 4.21. The van der Waals surface area contributed by atoms with Crippen LogP contribution in [0.3, 0.4) is 0 Å². The number of halogens is 1. The molecule has 3 aromatic rings. The number of aryl methyl sites for hydroxylation is 1. The van der Waals surface area contributed by atoms with Crippen molar-refractivity contribution in [2.75, 3.05) is 0 Å². The summed E-state index contributed by atoms with van der Waals surface area (Å²) in [6, 6.07) is 19.2. The number of aliphatic hydroxyl groups is 1. The largest absolute Gasteiger partial charge is 0.508 e. The standard InChI is InChI=1S/C26H26FNO3/c1-26(31,13-5-8-18-6-3-2-4-7-18)23-15-19(10-12-24(23)29)25(30)28-16-20-9-11-22(27)14-21(20)17-28/h2-4,6-7,9-12,14-15,29,31H,5,8,13,16-17H2,1H3/t26-/m0/s1. The summed E-state index contributed by atoms with van der Waals surface area (Å²) in [5, 5.41) is 21.4. The summed E-state index contributed by atoms with van der Waals surface area (Å²) in [4.78, 5) is 14.7. The van der Waals surface area contributed by atoms with Crippen LogP contribution in [0.4, 0.5) is 4.39 Å². The molecule has 1 aliphatic heterocycles. The highest BCUT2D eigenvalue weighted by molar-refractivity contribution is 5.95. The molecule has 0 saturated heterocycles. The molecule has 160 valence electrons. The molecule has 0 aliphatic carbocycles. The van der Waals surface area contributed by atoms with Gasteiger partial charge in [-0.2, -0.15) is 0 Å². The van der Waals surface area contributed by atoms with Gasteiger partial charge in [0.25, 0.3) is 5.91 Å². The predicted octanol–water partition coefficient (Wildman–Crippen LogP) is 4.92. The van der Waals surface area contributed by atoms with E-state index in [2.05, 4.69) is 0 Å². The van der Waals surface area contributed by atoms with Crippen LogP contribution in [-0.2, 0) is 25.1 Å². The van der Waals surface area contributed by atoms with E-state index in [1.807, 2.05) is 30.3 Å². The van der Waals surface area contributed by atoms with Crippen LogP contribution in [0.1, 0.15) is 52.4 Å². The number of hydrogen-bond acceptors (Lipinski definition) is 3. The highest BCUT2D eigenvalue weighted by Crippen LogP contribution is 2.35. The molecular weight excluding hydrogens is 393 g/mol. The Morgan fingerprint density at radius 3 is 2.55 bits per heavy atom. The number of nitrogens with zero attached hydrogens (tertiary/aromatic N) is 1. The molecule has 1 heterocycles. The third-order valence-corrected chi connectivity index (χ3v) is 5.97. The van der Waals surface area contributed by atoms with Crippen molar-refractivity contribution < 1.29 is 19.4 Å². The van der Waals surface area contributed by atoms with Gasteiger partial charge in [0, 0.05) is 24.2 Å². The molecule has 0 radical (unpaired) electrons. The summed E-state index contributed by atoms with van der Waals surface area (Å²) in [6.45, 7) is 2.42. The number of amides is 1. The van der Waals surface area contributed by atoms with Crippen LogP contribution in [0.15, 0.2) is 66.7 Å². The van der Waals surface area contributed by atoms with Gasteiger partial charge < -0.3 is 15.1 Å². The SMILES string of the molecule is C[C@](O)(CCCc1ccccc1)c1cc(C(=O)N2Cc3ccc(F)cc3C2)ccc1O. The van der Waals surface area contributed by atoms with Crippen molar-refractivity contribution >= 4 is 5.91 Å². The Bertz CT molecular complexity index is 1100. The van der Waals surface area contributed by atoms with Gasteiger partial charge in [0.2, 0.25) is 0 Å². The zero-order chi connectivity index (χ0) is 22.0. The summed E-state index contributed by atoms with van der Waals surface area (Å²) >= 11 is 0. The van der Waals surface area contributed by atoms with Crippen molar-refractivity contribution in [3.8, 4) is 5.75 Å². The molecule has 0 saturated carbocycles. The number of benzene rings is 3. The Morgan fingerprint density at radius 2 is 1.77 bits per heavy atom. The van der Waals surface area contributed by atoms with Crippen LogP contribution in [0, 0.1) is 5.82 Å². The van der Waals surface area contributed by atoms with Crippen LogP contribution >= 0.6 is 0 Å². The second-order valence-corrected chi connectivity index (χ2v) is 8.42. The van der Waals surface area contributed by atoms with Crippen LogP contribution in [0.5, 0.6) is 5.75 Å². The average molecular weight is 419 g/mol. The highest BCUT2D eigenvalue weighted by Gasteiger charge is 2.29. The van der Waals surface area contributed by atoms with E-state index in [9.17, 15) is 19.4 Å². The normalized spacial score (nSPS) is 14.9. The van der Waals surface area contributed by atoms with Gasteiger partial charge in [0.05, 0.1) is 5.60 Å². The smallest absolute Gasteiger partial charge is 0.254 e. The number of aromatic hydroxyl groups is 1. The summed E-state index contributed by atoms with van der Waals surface area (Å²) in [5.41, 5.74) is 2.39. The average Bonchev–Trinajstić information content (AvgIpc) is 3.17. The Hall–Kier alpha value is -3.18. The van der Waals surface area contributed by atoms with Crippen molar-refractivity contribution in [2.45, 2.75) is 44.9 Å². The first-order valence-corrected chi connectivity index (χ1v) is 10.5. The summed E-state index contributed by atoms with van der Waals surface area (Å²) < 4.78 is 13.5.